The minimum Gasteiger partial charge on any atom is -0.314 e. The lowest BCUT2D eigenvalue weighted by Crippen LogP contribution is -2.68. The van der Waals surface area contributed by atoms with Crippen molar-refractivity contribution in [2.24, 2.45) is 11.8 Å². The van der Waals surface area contributed by atoms with Crippen molar-refractivity contribution in [1.29, 1.82) is 0 Å². The summed E-state index contributed by atoms with van der Waals surface area (Å²) < 4.78 is 26.1. The van der Waals surface area contributed by atoms with Crippen molar-refractivity contribution in [1.82, 2.24) is 10.0 Å². The molecule has 98 valence electrons. The zero-order valence-electron chi connectivity index (χ0n) is 10.6. The molecule has 4 saturated carbocycles. The molecule has 0 spiro atoms. The molecule has 2 N–H and O–H groups in total. The minimum absolute atomic E-state index is 0.152. The van der Waals surface area contributed by atoms with Crippen molar-refractivity contribution in [2.75, 3.05) is 13.3 Å². The first kappa shape index (κ1) is 11.9. The first-order chi connectivity index (χ1) is 7.84. The molecule has 0 amide bonds. The quantitative estimate of drug-likeness (QED) is 0.789. The molecule has 0 heterocycles. The van der Waals surface area contributed by atoms with E-state index in [1.807, 2.05) is 7.05 Å². The predicted molar refractivity (Wildman–Crippen MR) is 67.2 cm³/mol. The third-order valence-corrected chi connectivity index (χ3v) is 5.80. The SMILES string of the molecule is CNC12CC3CC(C1)CC(NS(C)(=O)=O)(C3)C2. The molecule has 2 unspecified atom stereocenters. The molecule has 0 aromatic heterocycles. The van der Waals surface area contributed by atoms with E-state index in [1.54, 1.807) is 0 Å². The van der Waals surface area contributed by atoms with Crippen LogP contribution in [0.1, 0.15) is 38.5 Å². The summed E-state index contributed by atoms with van der Waals surface area (Å²) in [6.45, 7) is 0. The van der Waals surface area contributed by atoms with Crippen LogP contribution in [0.2, 0.25) is 0 Å². The van der Waals surface area contributed by atoms with E-state index in [2.05, 4.69) is 10.0 Å². The van der Waals surface area contributed by atoms with Crippen molar-refractivity contribution >= 4 is 10.0 Å². The fourth-order valence-electron chi connectivity index (χ4n) is 5.07. The Morgan fingerprint density at radius 3 is 2.06 bits per heavy atom. The molecule has 4 rings (SSSR count). The molecule has 0 aromatic rings. The Hall–Kier alpha value is -0.130. The van der Waals surface area contributed by atoms with Gasteiger partial charge in [-0.1, -0.05) is 0 Å². The monoisotopic (exact) mass is 258 g/mol. The Bertz CT molecular complexity index is 418. The summed E-state index contributed by atoms with van der Waals surface area (Å²) in [5.74, 6) is 1.41. The fourth-order valence-corrected chi connectivity index (χ4v) is 6.09. The van der Waals surface area contributed by atoms with Crippen LogP contribution < -0.4 is 10.0 Å². The molecule has 2 atom stereocenters. The maximum atomic E-state index is 11.6. The zero-order chi connectivity index (χ0) is 12.3. The molecule has 17 heavy (non-hydrogen) atoms. The molecular weight excluding hydrogens is 236 g/mol. The number of rotatable bonds is 3. The summed E-state index contributed by atoms with van der Waals surface area (Å²) in [6, 6.07) is 0. The highest BCUT2D eigenvalue weighted by Gasteiger charge is 2.57. The van der Waals surface area contributed by atoms with Crippen LogP contribution in [0.3, 0.4) is 0 Å². The molecule has 0 saturated heterocycles. The summed E-state index contributed by atoms with van der Waals surface area (Å²) in [7, 11) is -1.07. The van der Waals surface area contributed by atoms with Crippen LogP contribution in [0, 0.1) is 11.8 Å². The van der Waals surface area contributed by atoms with E-state index in [0.29, 0.717) is 11.8 Å². The summed E-state index contributed by atoms with van der Waals surface area (Å²) in [4.78, 5) is 0. The summed E-state index contributed by atoms with van der Waals surface area (Å²) in [6.07, 6.45) is 8.10. The average Bonchev–Trinajstić information content (AvgIpc) is 2.11. The number of hydrogen-bond donors (Lipinski definition) is 2. The standard InChI is InChI=1S/C12H22N2O2S/c1-13-11-4-9-3-10(5-11)7-12(6-9,8-11)14-17(2,15)16/h9-10,13-14H,3-8H2,1-2H3. The van der Waals surface area contributed by atoms with Crippen LogP contribution >= 0.6 is 0 Å². The normalized spacial score (nSPS) is 48.6. The summed E-state index contributed by atoms with van der Waals surface area (Å²) in [5, 5.41) is 3.49. The Morgan fingerprint density at radius 1 is 1.06 bits per heavy atom. The van der Waals surface area contributed by atoms with Gasteiger partial charge in [0.25, 0.3) is 0 Å². The number of sulfonamides is 1. The van der Waals surface area contributed by atoms with Gasteiger partial charge in [-0.05, 0) is 57.4 Å². The minimum atomic E-state index is -3.10. The molecule has 0 aromatic carbocycles. The molecule has 0 aliphatic heterocycles. The van der Waals surface area contributed by atoms with E-state index < -0.39 is 10.0 Å². The maximum absolute atomic E-state index is 11.6. The van der Waals surface area contributed by atoms with Gasteiger partial charge in [0.2, 0.25) is 10.0 Å². The predicted octanol–water partition coefficient (Wildman–Crippen LogP) is 0.846. The molecule has 4 bridgehead atoms. The van der Waals surface area contributed by atoms with Crippen LogP contribution in [-0.2, 0) is 10.0 Å². The largest absolute Gasteiger partial charge is 0.314 e. The van der Waals surface area contributed by atoms with Crippen LogP contribution in [0.5, 0.6) is 0 Å². The molecule has 4 aliphatic carbocycles. The second-order valence-corrected chi connectivity index (χ2v) is 8.39. The van der Waals surface area contributed by atoms with Crippen LogP contribution in [0.4, 0.5) is 0 Å². The van der Waals surface area contributed by atoms with Gasteiger partial charge in [0.05, 0.1) is 6.26 Å². The van der Waals surface area contributed by atoms with Gasteiger partial charge in [0.15, 0.2) is 0 Å². The summed E-state index contributed by atoms with van der Waals surface area (Å²) >= 11 is 0. The smallest absolute Gasteiger partial charge is 0.209 e. The van der Waals surface area contributed by atoms with Crippen molar-refractivity contribution < 1.29 is 8.42 Å². The van der Waals surface area contributed by atoms with Gasteiger partial charge >= 0.3 is 0 Å². The first-order valence-corrected chi connectivity index (χ1v) is 8.41. The van der Waals surface area contributed by atoms with E-state index in [9.17, 15) is 8.42 Å². The average molecular weight is 258 g/mol. The molecular formula is C12H22N2O2S. The first-order valence-electron chi connectivity index (χ1n) is 6.52. The van der Waals surface area contributed by atoms with Crippen molar-refractivity contribution in [3.05, 3.63) is 0 Å². The van der Waals surface area contributed by atoms with Crippen LogP contribution in [0.15, 0.2) is 0 Å². The Kier molecular flexibility index (Phi) is 2.42. The maximum Gasteiger partial charge on any atom is 0.209 e. The number of nitrogens with one attached hydrogen (secondary N) is 2. The second-order valence-electron chi connectivity index (χ2n) is 6.65. The zero-order valence-corrected chi connectivity index (χ0v) is 11.4. The van der Waals surface area contributed by atoms with Crippen LogP contribution in [-0.4, -0.2) is 32.8 Å². The lowest BCUT2D eigenvalue weighted by atomic mass is 9.50. The Labute approximate surface area is 104 Å². The van der Waals surface area contributed by atoms with Gasteiger partial charge in [-0.25, -0.2) is 13.1 Å². The molecule has 4 aliphatic rings. The van der Waals surface area contributed by atoms with Crippen LogP contribution in [0.25, 0.3) is 0 Å². The van der Waals surface area contributed by atoms with Crippen molar-refractivity contribution in [2.45, 2.75) is 49.6 Å². The van der Waals surface area contributed by atoms with E-state index in [0.717, 1.165) is 19.3 Å². The van der Waals surface area contributed by atoms with Gasteiger partial charge in [-0.3, -0.25) is 0 Å². The molecule has 4 nitrogen and oxygen atoms in total. The number of hydrogen-bond acceptors (Lipinski definition) is 3. The third kappa shape index (κ3) is 2.02. The second kappa shape index (κ2) is 3.45. The van der Waals surface area contributed by atoms with Gasteiger partial charge < -0.3 is 5.32 Å². The Balaban J connectivity index is 1.92. The van der Waals surface area contributed by atoms with Gasteiger partial charge in [-0.2, -0.15) is 0 Å². The van der Waals surface area contributed by atoms with E-state index in [-0.39, 0.29) is 11.1 Å². The lowest BCUT2D eigenvalue weighted by molar-refractivity contribution is -0.0392. The van der Waals surface area contributed by atoms with Gasteiger partial charge in [0, 0.05) is 11.1 Å². The van der Waals surface area contributed by atoms with Gasteiger partial charge in [0.1, 0.15) is 0 Å². The van der Waals surface area contributed by atoms with E-state index >= 15 is 0 Å². The highest BCUT2D eigenvalue weighted by atomic mass is 32.2. The lowest BCUT2D eigenvalue weighted by Gasteiger charge is -2.62. The van der Waals surface area contributed by atoms with Crippen molar-refractivity contribution in [3.8, 4) is 0 Å². The molecule has 5 heteroatoms. The van der Waals surface area contributed by atoms with Gasteiger partial charge in [-0.15, -0.1) is 0 Å². The highest BCUT2D eigenvalue weighted by Crippen LogP contribution is 2.57. The molecule has 4 fully saturated rings. The van der Waals surface area contributed by atoms with Crippen molar-refractivity contribution in [3.63, 3.8) is 0 Å². The highest BCUT2D eigenvalue weighted by molar-refractivity contribution is 7.88. The van der Waals surface area contributed by atoms with E-state index in [4.69, 9.17) is 0 Å². The topological polar surface area (TPSA) is 58.2 Å². The molecule has 0 radical (unpaired) electrons. The third-order valence-electron chi connectivity index (χ3n) is 4.99. The fraction of sp³-hybridized carbons (Fsp3) is 1.00. The van der Waals surface area contributed by atoms with E-state index in [1.165, 1.54) is 25.5 Å². The summed E-state index contributed by atoms with van der Waals surface area (Å²) in [5.41, 5.74) is 0.0441. The Morgan fingerprint density at radius 2 is 1.59 bits per heavy atom.